The van der Waals surface area contributed by atoms with E-state index >= 15 is 0 Å². The van der Waals surface area contributed by atoms with Gasteiger partial charge in [-0.2, -0.15) is 5.10 Å². The molecule has 0 unspecified atom stereocenters. The summed E-state index contributed by atoms with van der Waals surface area (Å²) in [5.74, 6) is -0.606. The molecule has 0 bridgehead atoms. The molecule has 0 saturated carbocycles. The number of hydrogen-bond acceptors (Lipinski definition) is 2. The first-order valence-electron chi connectivity index (χ1n) is 3.19. The summed E-state index contributed by atoms with van der Waals surface area (Å²) in [4.78, 5) is 10.6. The average Bonchev–Trinajstić information content (AvgIpc) is 2.30. The number of carbonyl (C=O) groups is 1. The molecular weight excluding hydrogens is 166 g/mol. The lowest BCUT2D eigenvalue weighted by Crippen LogP contribution is -2.11. The number of aromatic nitrogens is 2. The second-order valence-corrected chi connectivity index (χ2v) is 2.46. The van der Waals surface area contributed by atoms with Crippen molar-refractivity contribution in [3.63, 3.8) is 0 Å². The summed E-state index contributed by atoms with van der Waals surface area (Å²) in [5, 5.41) is 6.61. The number of nitrogens with zero attached hydrogens (tertiary/aromatic N) is 1. The topological polar surface area (TPSA) is 71.8 Å². The van der Waals surface area contributed by atoms with Gasteiger partial charge in [-0.3, -0.25) is 9.89 Å². The fourth-order valence-electron chi connectivity index (χ4n) is 0.762. The molecule has 0 fully saturated rings. The van der Waals surface area contributed by atoms with Crippen molar-refractivity contribution in [1.82, 2.24) is 10.2 Å². The van der Waals surface area contributed by atoms with Gasteiger partial charge in [0.15, 0.2) is 5.69 Å². The summed E-state index contributed by atoms with van der Waals surface area (Å²) < 4.78 is 0. The van der Waals surface area contributed by atoms with Crippen LogP contribution in [-0.4, -0.2) is 16.1 Å². The molecule has 4 nitrogen and oxygen atoms in total. The largest absolute Gasteiger partial charge is 0.364 e. The molecule has 0 spiro atoms. The third kappa shape index (κ3) is 1.35. The maximum atomic E-state index is 10.6. The number of nitrogens with one attached hydrogen (secondary N) is 1. The van der Waals surface area contributed by atoms with Crippen LogP contribution in [0.4, 0.5) is 0 Å². The van der Waals surface area contributed by atoms with Gasteiger partial charge < -0.3 is 5.73 Å². The Morgan fingerprint density at radius 2 is 2.45 bits per heavy atom. The summed E-state index contributed by atoms with van der Waals surface area (Å²) in [6.07, 6.45) is 0.707. The lowest BCUT2D eigenvalue weighted by atomic mass is 10.3. The van der Waals surface area contributed by atoms with E-state index < -0.39 is 5.91 Å². The predicted molar refractivity (Wildman–Crippen MR) is 41.5 cm³/mol. The standard InChI is InChI=1S/C6H8ClN3O/c1-2-3-4(7)5(6(8)11)10-9-3/h2H2,1H3,(H2,8,11)(H,9,10). The third-order valence-electron chi connectivity index (χ3n) is 1.36. The number of rotatable bonds is 2. The number of aromatic amines is 1. The smallest absolute Gasteiger partial charge is 0.270 e. The van der Waals surface area contributed by atoms with Gasteiger partial charge in [-0.05, 0) is 6.42 Å². The van der Waals surface area contributed by atoms with Crippen molar-refractivity contribution in [2.45, 2.75) is 13.3 Å². The first-order valence-corrected chi connectivity index (χ1v) is 3.57. The number of hydrogen-bond donors (Lipinski definition) is 2. The van der Waals surface area contributed by atoms with E-state index in [1.54, 1.807) is 0 Å². The molecule has 1 heterocycles. The molecule has 0 aliphatic heterocycles. The third-order valence-corrected chi connectivity index (χ3v) is 1.77. The number of amides is 1. The number of nitrogens with two attached hydrogens (primary N) is 1. The molecule has 1 rings (SSSR count). The van der Waals surface area contributed by atoms with E-state index in [-0.39, 0.29) is 5.69 Å². The van der Waals surface area contributed by atoms with Gasteiger partial charge in [-0.25, -0.2) is 0 Å². The van der Waals surface area contributed by atoms with E-state index in [9.17, 15) is 4.79 Å². The Bertz CT molecular complexity index is 281. The van der Waals surface area contributed by atoms with Crippen LogP contribution in [0, 0.1) is 0 Å². The first kappa shape index (κ1) is 8.07. The number of H-pyrrole nitrogens is 1. The molecular formula is C6H8ClN3O. The maximum absolute atomic E-state index is 10.6. The quantitative estimate of drug-likeness (QED) is 0.692. The molecule has 5 heteroatoms. The van der Waals surface area contributed by atoms with Gasteiger partial charge in [-0.1, -0.05) is 18.5 Å². The van der Waals surface area contributed by atoms with Gasteiger partial charge in [0.05, 0.1) is 10.7 Å². The van der Waals surface area contributed by atoms with Crippen molar-refractivity contribution < 1.29 is 4.79 Å². The van der Waals surface area contributed by atoms with Gasteiger partial charge in [0, 0.05) is 0 Å². The Kier molecular flexibility index (Phi) is 2.14. The molecule has 0 atom stereocenters. The molecule has 0 aliphatic rings. The summed E-state index contributed by atoms with van der Waals surface area (Å²) >= 11 is 5.72. The van der Waals surface area contributed by atoms with Crippen molar-refractivity contribution in [3.05, 3.63) is 16.4 Å². The maximum Gasteiger partial charge on any atom is 0.270 e. The second kappa shape index (κ2) is 2.92. The van der Waals surface area contributed by atoms with Crippen LogP contribution >= 0.6 is 11.6 Å². The Labute approximate surface area is 68.7 Å². The van der Waals surface area contributed by atoms with Gasteiger partial charge >= 0.3 is 0 Å². The predicted octanol–water partition coefficient (Wildman–Crippen LogP) is 0.724. The molecule has 0 aliphatic carbocycles. The van der Waals surface area contributed by atoms with Gasteiger partial charge in [-0.15, -0.1) is 0 Å². The van der Waals surface area contributed by atoms with Crippen LogP contribution in [0.25, 0.3) is 0 Å². The highest BCUT2D eigenvalue weighted by Gasteiger charge is 2.13. The monoisotopic (exact) mass is 173 g/mol. The molecule has 3 N–H and O–H groups in total. The van der Waals surface area contributed by atoms with Gasteiger partial charge in [0.1, 0.15) is 0 Å². The fraction of sp³-hybridized carbons (Fsp3) is 0.333. The van der Waals surface area contributed by atoms with Crippen LogP contribution in [0.15, 0.2) is 0 Å². The molecule has 60 valence electrons. The van der Waals surface area contributed by atoms with Crippen LogP contribution in [0.3, 0.4) is 0 Å². The lowest BCUT2D eigenvalue weighted by Gasteiger charge is -1.89. The second-order valence-electron chi connectivity index (χ2n) is 2.08. The molecule has 0 radical (unpaired) electrons. The summed E-state index contributed by atoms with van der Waals surface area (Å²) in [7, 11) is 0. The van der Waals surface area contributed by atoms with Crippen molar-refractivity contribution in [1.29, 1.82) is 0 Å². The van der Waals surface area contributed by atoms with Crippen LogP contribution in [0.2, 0.25) is 5.02 Å². The number of primary amides is 1. The van der Waals surface area contributed by atoms with Crippen molar-refractivity contribution >= 4 is 17.5 Å². The van der Waals surface area contributed by atoms with E-state index in [0.717, 1.165) is 5.69 Å². The fourth-order valence-corrected chi connectivity index (χ4v) is 1.07. The van der Waals surface area contributed by atoms with Crippen molar-refractivity contribution in [2.75, 3.05) is 0 Å². The molecule has 1 amide bonds. The van der Waals surface area contributed by atoms with Crippen LogP contribution < -0.4 is 5.73 Å². The zero-order valence-electron chi connectivity index (χ0n) is 6.02. The van der Waals surface area contributed by atoms with E-state index in [1.807, 2.05) is 6.92 Å². The Morgan fingerprint density at radius 3 is 2.73 bits per heavy atom. The zero-order chi connectivity index (χ0) is 8.43. The minimum absolute atomic E-state index is 0.114. The van der Waals surface area contributed by atoms with Crippen molar-refractivity contribution in [3.8, 4) is 0 Å². The summed E-state index contributed by atoms with van der Waals surface area (Å²) in [5.41, 5.74) is 5.83. The lowest BCUT2D eigenvalue weighted by molar-refractivity contribution is 0.0995. The Hall–Kier alpha value is -1.03. The highest BCUT2D eigenvalue weighted by Crippen LogP contribution is 2.17. The SMILES string of the molecule is CCc1[nH]nc(C(N)=O)c1Cl. The van der Waals surface area contributed by atoms with E-state index in [2.05, 4.69) is 10.2 Å². The summed E-state index contributed by atoms with van der Waals surface area (Å²) in [6.45, 7) is 1.91. The van der Waals surface area contributed by atoms with Gasteiger partial charge in [0.2, 0.25) is 0 Å². The highest BCUT2D eigenvalue weighted by molar-refractivity contribution is 6.34. The Morgan fingerprint density at radius 1 is 1.82 bits per heavy atom. The normalized spacial score (nSPS) is 10.0. The minimum atomic E-state index is -0.606. The van der Waals surface area contributed by atoms with Crippen LogP contribution in [0.1, 0.15) is 23.1 Å². The molecule has 1 aromatic rings. The highest BCUT2D eigenvalue weighted by atomic mass is 35.5. The van der Waals surface area contributed by atoms with E-state index in [1.165, 1.54) is 0 Å². The molecule has 1 aromatic heterocycles. The van der Waals surface area contributed by atoms with Crippen LogP contribution in [-0.2, 0) is 6.42 Å². The number of aryl methyl sites for hydroxylation is 1. The van der Waals surface area contributed by atoms with Crippen molar-refractivity contribution in [2.24, 2.45) is 5.73 Å². The Balaban J connectivity index is 3.10. The number of carbonyl (C=O) groups excluding carboxylic acids is 1. The van der Waals surface area contributed by atoms with Gasteiger partial charge in [0.25, 0.3) is 5.91 Å². The summed E-state index contributed by atoms with van der Waals surface area (Å²) in [6, 6.07) is 0. The molecule has 11 heavy (non-hydrogen) atoms. The average molecular weight is 174 g/mol. The zero-order valence-corrected chi connectivity index (χ0v) is 6.77. The molecule has 0 aromatic carbocycles. The minimum Gasteiger partial charge on any atom is -0.364 e. The number of halogens is 1. The van der Waals surface area contributed by atoms with E-state index in [0.29, 0.717) is 11.4 Å². The van der Waals surface area contributed by atoms with E-state index in [4.69, 9.17) is 17.3 Å². The van der Waals surface area contributed by atoms with Crippen LogP contribution in [0.5, 0.6) is 0 Å². The molecule has 0 saturated heterocycles. The first-order chi connectivity index (χ1) is 5.16.